The van der Waals surface area contributed by atoms with Crippen LogP contribution >= 0.6 is 45.2 Å². The van der Waals surface area contributed by atoms with Crippen molar-refractivity contribution in [3.8, 4) is 0 Å². The molecule has 10 fully saturated rings. The van der Waals surface area contributed by atoms with Crippen LogP contribution in [0.25, 0.3) is 0 Å². The number of carbonyl (C=O) groups is 12. The van der Waals surface area contributed by atoms with Crippen LogP contribution in [0, 0.1) is 0 Å². The van der Waals surface area contributed by atoms with Gasteiger partial charge in [0.25, 0.3) is 11.7 Å². The quantitative estimate of drug-likeness (QED) is 0.0852. The smallest absolute Gasteiger partial charge is 0.263 e. The Kier molecular flexibility index (Phi) is 28.8. The first-order chi connectivity index (χ1) is 57.7. The first kappa shape index (κ1) is 94.6. The Morgan fingerprint density at radius 3 is 1.20 bits per heavy atom. The lowest BCUT2D eigenvalue weighted by molar-refractivity contribution is -0.271. The van der Waals surface area contributed by atoms with Crippen LogP contribution in [0.2, 0.25) is 0 Å². The summed E-state index contributed by atoms with van der Waals surface area (Å²) in [6, 6.07) is 9.37. The second-order valence-electron chi connectivity index (χ2n) is 32.2. The van der Waals surface area contributed by atoms with Gasteiger partial charge in [0.2, 0.25) is 47.5 Å². The van der Waals surface area contributed by atoms with Crippen LogP contribution in [0.5, 0.6) is 0 Å². The molecule has 39 nitrogen and oxygen atoms in total. The first-order valence-electron chi connectivity index (χ1n) is 38.7. The molecule has 0 spiro atoms. The van der Waals surface area contributed by atoms with E-state index in [9.17, 15) is 86.7 Å². The summed E-state index contributed by atoms with van der Waals surface area (Å²) in [5, 5.41) is 56.0. The molecular formula is C79H93F3I2N6O33. The monoisotopic (exact) mass is 1960 g/mol. The van der Waals surface area contributed by atoms with Crippen LogP contribution in [0.4, 0.5) is 13.2 Å². The van der Waals surface area contributed by atoms with Crippen LogP contribution in [-0.2, 0) is 135 Å². The molecule has 17 rings (SSSR count). The third-order valence-corrected chi connectivity index (χ3v) is 23.0. The van der Waals surface area contributed by atoms with Crippen LogP contribution < -0.4 is 0 Å². The number of fused-ring (bicyclic) bond motifs is 4. The van der Waals surface area contributed by atoms with Crippen LogP contribution in [0.3, 0.4) is 0 Å². The molecule has 0 saturated carbocycles. The van der Waals surface area contributed by atoms with Gasteiger partial charge < -0.3 is 102 Å². The van der Waals surface area contributed by atoms with E-state index >= 15 is 4.39 Å². The van der Waals surface area contributed by atoms with E-state index in [0.29, 0.717) is 5.76 Å². The van der Waals surface area contributed by atoms with E-state index in [-0.39, 0.29) is 115 Å². The Morgan fingerprint density at radius 2 is 0.780 bits per heavy atom. The van der Waals surface area contributed by atoms with Gasteiger partial charge in [-0.2, -0.15) is 0 Å². The molecule has 123 heavy (non-hydrogen) atoms. The maximum absolute atomic E-state index is 15.7. The molecule has 16 heterocycles. The molecule has 1 aromatic rings. The highest BCUT2D eigenvalue weighted by molar-refractivity contribution is 14.1. The summed E-state index contributed by atoms with van der Waals surface area (Å²) in [5.41, 5.74) is 0.897. The van der Waals surface area contributed by atoms with Crippen molar-refractivity contribution in [1.82, 2.24) is 29.4 Å². The van der Waals surface area contributed by atoms with Crippen molar-refractivity contribution in [2.75, 3.05) is 28.7 Å². The lowest BCUT2D eigenvalue weighted by Crippen LogP contribution is -2.46. The Balaban J connectivity index is 0.000000136. The number of alkyl halides is 5. The summed E-state index contributed by atoms with van der Waals surface area (Å²) in [7, 11) is 0. The molecule has 0 unspecified atom stereocenters. The molecule has 6 amide bonds. The van der Waals surface area contributed by atoms with E-state index in [2.05, 4.69) is 29.2 Å². The minimum atomic E-state index is -2.83. The highest BCUT2D eigenvalue weighted by atomic mass is 127. The van der Waals surface area contributed by atoms with E-state index < -0.39 is 188 Å². The molecule has 0 aromatic heterocycles. The second kappa shape index (κ2) is 37.4. The molecular weight excluding hydrogens is 1870 g/mol. The maximum Gasteiger partial charge on any atom is 0.263 e. The lowest BCUT2D eigenvalue weighted by atomic mass is 10.1. The standard InChI is InChI=1S/C20H22FNO6.C13H15FINO5.C13H16INO5.C13H15NO5.C10H12FNO6.C10H13NO6/c1-19(2)26-16-17(27-19)20(21,12-25-11-13-6-4-3-5-7-13)28-18(16)22-9-8-14(23)10-15(22)24;1-12(2)19-9-10(20-12)13(14,6-15)21-11(9)16-4-3-7(17)5-8(16)18;1-13(2)19-10-8(6-14)18-12(11(10)20-13)15-4-3-7(16)5-9(15)17;1-7-10-11(19-13(2,3)18-10)12(17-7)14-5-4-8(15)6-9(14)16;11-10(4-13)8(17)7(16)9(18-10)12-2-1-5(14)3-6(12)15;12-4-6-8(15)9(16)10(17-6)11-2-1-5(13)3-7(11)14/h3-9,16-18H,10-12H2,1-2H3;3-4,9-11H,5-6H2,1-2H3;3-4,8,10-12H,5-6H2,1-2H3;4-5,10-12H,1,6H2,2-3H3;1-2,7-9,13,16-17H,3-4H2;1-2,6,8-10,12,15-16H,3-4H2/t16-,17+,18-,20-;9-,10+,11-,13-;8-,10-,11-,12-;10-,11-,12-;7-,8+,9-,10-;6-,8-,9-,10-/m111111/s1. The van der Waals surface area contributed by atoms with Crippen molar-refractivity contribution in [1.29, 1.82) is 0 Å². The van der Waals surface area contributed by atoms with Gasteiger partial charge >= 0.3 is 0 Å². The van der Waals surface area contributed by atoms with E-state index in [1.54, 1.807) is 41.5 Å². The molecule has 0 bridgehead atoms. The molecule has 44 heteroatoms. The third kappa shape index (κ3) is 20.7. The van der Waals surface area contributed by atoms with Gasteiger partial charge in [0.1, 0.15) is 80.0 Å². The molecule has 0 radical (unpaired) electrons. The van der Waals surface area contributed by atoms with Gasteiger partial charge in [-0.15, -0.1) is 0 Å². The lowest BCUT2D eigenvalue weighted by Gasteiger charge is -2.32. The number of hydrogen-bond acceptors (Lipinski definition) is 33. The number of amides is 6. The number of ether oxygens (including phenoxy) is 15. The van der Waals surface area contributed by atoms with Crippen LogP contribution in [-0.4, -0.2) is 322 Å². The summed E-state index contributed by atoms with van der Waals surface area (Å²) in [5.74, 6) is -14.5. The highest BCUT2D eigenvalue weighted by Gasteiger charge is 2.68. The van der Waals surface area contributed by atoms with Crippen LogP contribution in [0.15, 0.2) is 116 Å². The van der Waals surface area contributed by atoms with Crippen molar-refractivity contribution in [3.05, 3.63) is 122 Å². The average Bonchev–Trinajstić information content (AvgIpc) is 1.57. The number of rotatable bonds is 14. The van der Waals surface area contributed by atoms with Gasteiger partial charge in [-0.25, -0.2) is 13.2 Å². The van der Waals surface area contributed by atoms with Crippen molar-refractivity contribution in [3.63, 3.8) is 0 Å². The predicted octanol–water partition coefficient (Wildman–Crippen LogP) is 0.791. The third-order valence-electron chi connectivity index (χ3n) is 21.1. The molecule has 23 atom stereocenters. The SMILES string of the molecule is C=C1O[C@@H](N2C=CC(=O)CC2=O)[C@@H]2OC(C)(C)O[C@H]12.CC1(C)O[C@@H]2[C@H](O1)[C@@H](CI)O[C@H]2N1C=CC(=O)CC1=O.CC1(C)O[C@H]2[C@H](N3C=CC(=O)CC3=O)O[C@](F)(CI)[C@H]2O1.CC1(C)O[C@H]2[C@H](N3C=CC(=O)CC3=O)O[C@](F)(COCc3ccccc3)[C@H]2O1.O=C1C=CN([C@@H]2O[C@H](CO)[C@@H](O)[C@H]2O)C(=O)C1.O=C1C=CN([C@@H]2O[C@](F)(CO)[C@@H](O)[C@H]2O)C(=O)C1. The van der Waals surface area contributed by atoms with Gasteiger partial charge in [0.05, 0.1) is 62.3 Å². The number of aliphatic hydroxyl groups excluding tert-OH is 6. The molecule has 16 aliphatic rings. The van der Waals surface area contributed by atoms with Gasteiger partial charge in [0.15, 0.2) is 107 Å². The van der Waals surface area contributed by atoms with E-state index in [1.807, 2.05) is 66.8 Å². The summed E-state index contributed by atoms with van der Waals surface area (Å²) in [4.78, 5) is 145. The van der Waals surface area contributed by atoms with Crippen molar-refractivity contribution in [2.45, 2.75) is 264 Å². The maximum atomic E-state index is 15.7. The van der Waals surface area contributed by atoms with Gasteiger partial charge in [0, 0.05) is 41.6 Å². The largest absolute Gasteiger partial charge is 0.469 e. The average molecular weight is 1970 g/mol. The minimum absolute atomic E-state index is 0.0482. The zero-order valence-electron chi connectivity index (χ0n) is 67.3. The zero-order valence-corrected chi connectivity index (χ0v) is 71.6. The zero-order chi connectivity index (χ0) is 89.7. The predicted molar refractivity (Wildman–Crippen MR) is 419 cm³/mol. The second-order valence-corrected chi connectivity index (χ2v) is 33.8. The van der Waals surface area contributed by atoms with Gasteiger partial charge in [-0.3, -0.25) is 86.9 Å². The molecule has 16 aliphatic heterocycles. The fourth-order valence-electron chi connectivity index (χ4n) is 15.5. The Bertz CT molecular complexity index is 4480. The summed E-state index contributed by atoms with van der Waals surface area (Å²) < 4.78 is 129. The number of benzene rings is 1. The fourth-order valence-corrected chi connectivity index (χ4v) is 16.8. The van der Waals surface area contributed by atoms with E-state index in [1.165, 1.54) is 81.0 Å². The van der Waals surface area contributed by atoms with Gasteiger partial charge in [-0.1, -0.05) is 82.1 Å². The Labute approximate surface area is 727 Å². The molecule has 1 aromatic carbocycles. The van der Waals surface area contributed by atoms with Crippen LogP contribution in [0.1, 0.15) is 99.5 Å². The number of nitrogens with zero attached hydrogens (tertiary/aromatic N) is 6. The summed E-state index contributed by atoms with van der Waals surface area (Å²) >= 11 is 4.10. The highest BCUT2D eigenvalue weighted by Crippen LogP contribution is 2.50. The molecule has 6 N–H and O–H groups in total. The topological polar surface area (TPSA) is 484 Å². The van der Waals surface area contributed by atoms with E-state index in [0.717, 1.165) is 32.1 Å². The summed E-state index contributed by atoms with van der Waals surface area (Å²) in [6.45, 7) is 16.0. The van der Waals surface area contributed by atoms with Gasteiger partial charge in [-0.05, 0) is 97.4 Å². The number of halogens is 5. The first-order valence-corrected chi connectivity index (χ1v) is 41.8. The number of allylic oxidation sites excluding steroid dienone is 6. The molecule has 0 aliphatic carbocycles. The summed E-state index contributed by atoms with van der Waals surface area (Å²) in [6.07, 6.45) is -4.00. The van der Waals surface area contributed by atoms with Crippen molar-refractivity contribution >= 4 is 115 Å². The number of aliphatic hydroxyl groups is 6. The molecule has 672 valence electrons. The normalized spacial score (nSPS) is 38.2. The Hall–Kier alpha value is -7.51. The number of hydrogen-bond donors (Lipinski definition) is 6. The molecule has 10 saturated heterocycles. The number of carbonyl (C=O) groups excluding carboxylic acids is 12. The number of ketones is 6. The Morgan fingerprint density at radius 1 is 0.415 bits per heavy atom. The fraction of sp³-hybridized carbons (Fsp3) is 0.595. The van der Waals surface area contributed by atoms with E-state index in [4.69, 9.17) is 81.3 Å². The minimum Gasteiger partial charge on any atom is -0.469 e. The van der Waals surface area contributed by atoms with Crippen molar-refractivity contribution < 1.29 is 172 Å². The van der Waals surface area contributed by atoms with Crippen molar-refractivity contribution in [2.24, 2.45) is 0 Å².